The van der Waals surface area contributed by atoms with E-state index in [1.165, 1.54) is 0 Å². The van der Waals surface area contributed by atoms with Crippen LogP contribution in [0.5, 0.6) is 0 Å². The van der Waals surface area contributed by atoms with Crippen LogP contribution in [0.4, 0.5) is 0 Å². The van der Waals surface area contributed by atoms with Gasteiger partial charge in [-0.3, -0.25) is 0 Å². The molecule has 0 radical (unpaired) electrons. The van der Waals surface area contributed by atoms with Crippen molar-refractivity contribution in [2.24, 2.45) is 0 Å². The van der Waals surface area contributed by atoms with E-state index in [4.69, 9.17) is 0 Å². The SMILES string of the molecule is [CH2-]CC.[CH2-]CC.[CH2-]CC.[Zn]. The van der Waals surface area contributed by atoms with E-state index >= 15 is 0 Å². The van der Waals surface area contributed by atoms with Crippen molar-refractivity contribution < 1.29 is 19.5 Å². The summed E-state index contributed by atoms with van der Waals surface area (Å²) in [6, 6.07) is 0. The van der Waals surface area contributed by atoms with Gasteiger partial charge in [-0.15, -0.1) is 0 Å². The molecule has 1 heteroatoms. The summed E-state index contributed by atoms with van der Waals surface area (Å²) < 4.78 is 0. The minimum absolute atomic E-state index is 0. The Hall–Kier alpha value is 0.623. The predicted molar refractivity (Wildman–Crippen MR) is 46.9 cm³/mol. The Morgan fingerprint density at radius 1 is 0.700 bits per heavy atom. The van der Waals surface area contributed by atoms with Gasteiger partial charge in [0.25, 0.3) is 0 Å². The van der Waals surface area contributed by atoms with E-state index in [0.29, 0.717) is 0 Å². The van der Waals surface area contributed by atoms with Gasteiger partial charge in [-0.1, -0.05) is 20.8 Å². The fourth-order valence-electron chi connectivity index (χ4n) is 0. The fourth-order valence-corrected chi connectivity index (χ4v) is 0. The Bertz CT molecular complexity index is 9.44. The quantitative estimate of drug-likeness (QED) is 0.408. The monoisotopic (exact) mass is 193 g/mol. The van der Waals surface area contributed by atoms with Gasteiger partial charge >= 0.3 is 0 Å². The normalized spacial score (nSPS) is 5.40. The Labute approximate surface area is 80.6 Å². The van der Waals surface area contributed by atoms with Gasteiger partial charge in [0.1, 0.15) is 0 Å². The molecule has 0 amide bonds. The van der Waals surface area contributed by atoms with Gasteiger partial charge in [0.05, 0.1) is 0 Å². The van der Waals surface area contributed by atoms with Crippen molar-refractivity contribution in [2.45, 2.75) is 40.0 Å². The summed E-state index contributed by atoms with van der Waals surface area (Å²) >= 11 is 0. The summed E-state index contributed by atoms with van der Waals surface area (Å²) in [4.78, 5) is 0. The Morgan fingerprint density at radius 3 is 0.700 bits per heavy atom. The molecule has 0 spiro atoms. The van der Waals surface area contributed by atoms with Gasteiger partial charge in [-0.25, -0.2) is 0 Å². The van der Waals surface area contributed by atoms with Crippen molar-refractivity contribution in [1.29, 1.82) is 0 Å². The van der Waals surface area contributed by atoms with Gasteiger partial charge < -0.3 is 20.8 Å². The van der Waals surface area contributed by atoms with E-state index in [1.54, 1.807) is 0 Å². The molecule has 0 N–H and O–H groups in total. The standard InChI is InChI=1S/3C3H7.Zn/c3*1-3-2;/h3*1,3H2,2H3;/q3*-1;. The molecule has 0 aliphatic carbocycles. The Balaban J connectivity index is -0.0000000257. The van der Waals surface area contributed by atoms with Gasteiger partial charge in [-0.05, 0) is 0 Å². The second-order valence-electron chi connectivity index (χ2n) is 1.50. The van der Waals surface area contributed by atoms with Crippen molar-refractivity contribution in [3.8, 4) is 0 Å². The first-order chi connectivity index (χ1) is 4.24. The molecule has 0 aromatic heterocycles. The topological polar surface area (TPSA) is 0 Å². The third-order valence-corrected chi connectivity index (χ3v) is 0. The molecule has 0 saturated carbocycles. The van der Waals surface area contributed by atoms with Crippen molar-refractivity contribution in [3.05, 3.63) is 20.8 Å². The molecule has 0 aromatic carbocycles. The molecule has 0 saturated heterocycles. The van der Waals surface area contributed by atoms with Crippen LogP contribution in [0.15, 0.2) is 0 Å². The Kier molecular flexibility index (Phi) is 122. The van der Waals surface area contributed by atoms with Crippen molar-refractivity contribution in [2.75, 3.05) is 0 Å². The van der Waals surface area contributed by atoms with E-state index in [0.717, 1.165) is 19.3 Å². The van der Waals surface area contributed by atoms with Crippen LogP contribution < -0.4 is 0 Å². The number of hydrogen-bond acceptors (Lipinski definition) is 0. The molecule has 0 rings (SSSR count). The summed E-state index contributed by atoms with van der Waals surface area (Å²) in [5.41, 5.74) is 0. The molecule has 62 valence electrons. The van der Waals surface area contributed by atoms with Crippen LogP contribution in [0.3, 0.4) is 0 Å². The van der Waals surface area contributed by atoms with Crippen LogP contribution in [-0.2, 0) is 19.5 Å². The van der Waals surface area contributed by atoms with Gasteiger partial charge in [0.15, 0.2) is 0 Å². The molecule has 10 heavy (non-hydrogen) atoms. The van der Waals surface area contributed by atoms with Crippen LogP contribution in [-0.4, -0.2) is 0 Å². The van der Waals surface area contributed by atoms with Crippen molar-refractivity contribution >= 4 is 0 Å². The first-order valence-electron chi connectivity index (χ1n) is 3.62. The molecule has 0 atom stereocenters. The van der Waals surface area contributed by atoms with Gasteiger partial charge in [0, 0.05) is 19.5 Å². The van der Waals surface area contributed by atoms with E-state index in [2.05, 4.69) is 20.8 Å². The molecule has 0 fully saturated rings. The van der Waals surface area contributed by atoms with Crippen LogP contribution in [0, 0.1) is 20.8 Å². The summed E-state index contributed by atoms with van der Waals surface area (Å²) in [5, 5.41) is 0. The first kappa shape index (κ1) is 22.4. The summed E-state index contributed by atoms with van der Waals surface area (Å²) in [6.07, 6.45) is 3.00. The zero-order chi connectivity index (χ0) is 8.12. The molecule has 0 bridgehead atoms. The van der Waals surface area contributed by atoms with E-state index < -0.39 is 0 Å². The summed E-state index contributed by atoms with van der Waals surface area (Å²) in [6.45, 7) is 16.5. The second kappa shape index (κ2) is 54.5. The smallest absolute Gasteiger partial charge is 0 e. The maximum Gasteiger partial charge on any atom is 0 e. The zero-order valence-electron chi connectivity index (χ0n) is 7.95. The zero-order valence-corrected chi connectivity index (χ0v) is 10.9. The molecular weight excluding hydrogens is 173 g/mol. The van der Waals surface area contributed by atoms with Crippen molar-refractivity contribution in [1.82, 2.24) is 0 Å². The molecule has 0 nitrogen and oxygen atoms in total. The minimum atomic E-state index is 0. The molecule has 0 heterocycles. The maximum absolute atomic E-state index is 3.49. The fraction of sp³-hybridized carbons (Fsp3) is 0.667. The van der Waals surface area contributed by atoms with Gasteiger partial charge in [-0.2, -0.15) is 19.3 Å². The summed E-state index contributed by atoms with van der Waals surface area (Å²) in [7, 11) is 0. The average molecular weight is 195 g/mol. The molecule has 0 aliphatic heterocycles. The Morgan fingerprint density at radius 2 is 0.700 bits per heavy atom. The van der Waals surface area contributed by atoms with Crippen LogP contribution >= 0.6 is 0 Å². The number of rotatable bonds is 0. The van der Waals surface area contributed by atoms with E-state index in [9.17, 15) is 0 Å². The molecule has 0 aliphatic rings. The molecule has 0 aromatic rings. The van der Waals surface area contributed by atoms with Gasteiger partial charge in [0.2, 0.25) is 0 Å². The summed E-state index contributed by atoms with van der Waals surface area (Å²) in [5.74, 6) is 0. The third kappa shape index (κ3) is 1290. The average Bonchev–Trinajstić information content (AvgIpc) is 1.70. The van der Waals surface area contributed by atoms with Crippen molar-refractivity contribution in [3.63, 3.8) is 0 Å². The molecular formula is C9H21Zn-3. The van der Waals surface area contributed by atoms with Crippen LogP contribution in [0.1, 0.15) is 40.0 Å². The largest absolute Gasteiger partial charge is 0.344 e. The van der Waals surface area contributed by atoms with Crippen LogP contribution in [0.2, 0.25) is 0 Å². The predicted octanol–water partition coefficient (Wildman–Crippen LogP) is 3.69. The third-order valence-electron chi connectivity index (χ3n) is 0. The van der Waals surface area contributed by atoms with E-state index in [1.807, 2.05) is 20.8 Å². The molecule has 0 unspecified atom stereocenters. The minimum Gasteiger partial charge on any atom is -0.344 e. The van der Waals surface area contributed by atoms with Crippen LogP contribution in [0.25, 0.3) is 0 Å². The van der Waals surface area contributed by atoms with E-state index in [-0.39, 0.29) is 19.5 Å². The second-order valence-corrected chi connectivity index (χ2v) is 1.50. The maximum atomic E-state index is 3.49. The first-order valence-corrected chi connectivity index (χ1v) is 3.62. The number of hydrogen-bond donors (Lipinski definition) is 0.